The van der Waals surface area contributed by atoms with E-state index in [4.69, 9.17) is 21.5 Å². The normalized spacial score (nSPS) is 10.5. The molecule has 0 saturated heterocycles. The largest absolute Gasteiger partial charge is 0.417 e. The first kappa shape index (κ1) is 16.6. The molecule has 118 valence electrons. The van der Waals surface area contributed by atoms with Crippen LogP contribution >= 0.6 is 0 Å². The van der Waals surface area contributed by atoms with Crippen molar-refractivity contribution in [2.75, 3.05) is 5.73 Å². The van der Waals surface area contributed by atoms with Gasteiger partial charge in [-0.3, -0.25) is 4.79 Å². The van der Waals surface area contributed by atoms with Crippen molar-refractivity contribution in [3.05, 3.63) is 50.8 Å². The average molecular weight is 329 g/mol. The molecule has 1 aromatic carbocycles. The molecule has 0 saturated carbocycles. The highest BCUT2D eigenvalue weighted by Crippen LogP contribution is 2.36. The quantitative estimate of drug-likeness (QED) is 0.828. The Morgan fingerprint density at radius 1 is 1.04 bits per heavy atom. The Labute approximate surface area is 132 Å². The van der Waals surface area contributed by atoms with Gasteiger partial charge in [-0.05, 0) is 17.7 Å². The predicted octanol–water partition coefficient (Wildman–Crippen LogP) is 2.26. The molecule has 0 bridgehead atoms. The van der Waals surface area contributed by atoms with Gasteiger partial charge in [0.2, 0.25) is 0 Å². The van der Waals surface area contributed by atoms with E-state index in [0.717, 1.165) is 12.1 Å². The Hall–Kier alpha value is -3.77. The van der Waals surface area contributed by atoms with Crippen LogP contribution in [0.3, 0.4) is 0 Å². The second kappa shape index (κ2) is 5.79. The number of rotatable bonds is 1. The number of hydrogen-bond donors (Lipinski definition) is 2. The molecule has 0 spiro atoms. The summed E-state index contributed by atoms with van der Waals surface area (Å²) in [4.78, 5) is 13.9. The van der Waals surface area contributed by atoms with E-state index in [0.29, 0.717) is 6.07 Å². The number of pyridine rings is 1. The maximum atomic E-state index is 13.1. The summed E-state index contributed by atoms with van der Waals surface area (Å²) in [6.07, 6.45) is -4.83. The number of halogens is 3. The van der Waals surface area contributed by atoms with Crippen molar-refractivity contribution in [3.63, 3.8) is 0 Å². The first-order chi connectivity index (χ1) is 11.2. The number of nitrogens with two attached hydrogens (primary N) is 1. The molecule has 1 aromatic heterocycles. The third-order valence-electron chi connectivity index (χ3n) is 3.20. The number of nitrogens with one attached hydrogen (secondary N) is 1. The molecule has 9 heteroatoms. The fraction of sp³-hybridized carbons (Fsp3) is 0.0667. The van der Waals surface area contributed by atoms with Gasteiger partial charge in [0, 0.05) is 5.56 Å². The molecule has 0 aliphatic heterocycles. The van der Waals surface area contributed by atoms with Crippen molar-refractivity contribution >= 4 is 5.82 Å². The van der Waals surface area contributed by atoms with Crippen LogP contribution < -0.4 is 11.3 Å². The first-order valence-corrected chi connectivity index (χ1v) is 6.22. The zero-order chi connectivity index (χ0) is 18.1. The average Bonchev–Trinajstić information content (AvgIpc) is 2.52. The number of benzene rings is 1. The summed E-state index contributed by atoms with van der Waals surface area (Å²) in [5.41, 5.74) is 1.32. The molecule has 0 aliphatic rings. The molecular formula is C15H6F3N5O. The summed E-state index contributed by atoms with van der Waals surface area (Å²) in [5.74, 6) is -0.366. The Morgan fingerprint density at radius 2 is 1.67 bits per heavy atom. The standard InChI is InChI=1S/C15H6F3N5O/c16-15(17,18)11-3-7(1-2-8(11)4-19)12-9(5-20)13(22)23-14(24)10(12)6-21/h1-3H,(H3,22,23,24). The summed E-state index contributed by atoms with van der Waals surface area (Å²) in [7, 11) is 0. The number of aromatic nitrogens is 1. The van der Waals surface area contributed by atoms with Gasteiger partial charge >= 0.3 is 6.18 Å². The van der Waals surface area contributed by atoms with Crippen LogP contribution in [0, 0.1) is 34.0 Å². The van der Waals surface area contributed by atoms with E-state index in [-0.39, 0.29) is 22.5 Å². The predicted molar refractivity (Wildman–Crippen MR) is 76.1 cm³/mol. The molecule has 2 rings (SSSR count). The first-order valence-electron chi connectivity index (χ1n) is 6.22. The number of nitriles is 3. The highest BCUT2D eigenvalue weighted by Gasteiger charge is 2.34. The van der Waals surface area contributed by atoms with Crippen molar-refractivity contribution in [2.24, 2.45) is 0 Å². The van der Waals surface area contributed by atoms with E-state index in [1.807, 2.05) is 0 Å². The van der Waals surface area contributed by atoms with Gasteiger partial charge in [-0.1, -0.05) is 6.07 Å². The second-order valence-electron chi connectivity index (χ2n) is 4.59. The summed E-state index contributed by atoms with van der Waals surface area (Å²) >= 11 is 0. The number of anilines is 1. The number of H-pyrrole nitrogens is 1. The van der Waals surface area contributed by atoms with Crippen molar-refractivity contribution in [1.29, 1.82) is 15.8 Å². The maximum absolute atomic E-state index is 13.1. The summed E-state index contributed by atoms with van der Waals surface area (Å²) < 4.78 is 39.2. The molecule has 0 atom stereocenters. The Morgan fingerprint density at radius 3 is 2.17 bits per heavy atom. The van der Waals surface area contributed by atoms with E-state index in [2.05, 4.69) is 4.98 Å². The smallest absolute Gasteiger partial charge is 0.384 e. The summed E-state index contributed by atoms with van der Waals surface area (Å²) in [6.45, 7) is 0. The molecule has 2 aromatic rings. The van der Waals surface area contributed by atoms with Gasteiger partial charge in [0.1, 0.15) is 29.1 Å². The highest BCUT2D eigenvalue weighted by atomic mass is 19.4. The second-order valence-corrected chi connectivity index (χ2v) is 4.59. The van der Waals surface area contributed by atoms with Crippen LogP contribution in [0.2, 0.25) is 0 Å². The van der Waals surface area contributed by atoms with Gasteiger partial charge in [-0.25, -0.2) is 0 Å². The lowest BCUT2D eigenvalue weighted by Crippen LogP contribution is -2.16. The van der Waals surface area contributed by atoms with Crippen molar-refractivity contribution < 1.29 is 13.2 Å². The number of nitrogens with zero attached hydrogens (tertiary/aromatic N) is 3. The Bertz CT molecular complexity index is 1020. The van der Waals surface area contributed by atoms with Crippen molar-refractivity contribution in [3.8, 4) is 29.3 Å². The van der Waals surface area contributed by atoms with Gasteiger partial charge < -0.3 is 10.7 Å². The van der Waals surface area contributed by atoms with Crippen LogP contribution in [-0.4, -0.2) is 4.98 Å². The van der Waals surface area contributed by atoms with E-state index in [9.17, 15) is 18.0 Å². The summed E-state index contributed by atoms with van der Waals surface area (Å²) in [6, 6.07) is 7.25. The third kappa shape index (κ3) is 2.65. The van der Waals surface area contributed by atoms with Crippen LogP contribution in [0.15, 0.2) is 23.0 Å². The summed E-state index contributed by atoms with van der Waals surface area (Å²) in [5, 5.41) is 27.1. The Kier molecular flexibility index (Phi) is 4.00. The van der Waals surface area contributed by atoms with Gasteiger partial charge in [-0.15, -0.1) is 0 Å². The van der Waals surface area contributed by atoms with E-state index < -0.39 is 28.4 Å². The van der Waals surface area contributed by atoms with Crippen LogP contribution in [0.1, 0.15) is 22.3 Å². The molecule has 1 heterocycles. The van der Waals surface area contributed by atoms with Gasteiger partial charge in [0.15, 0.2) is 0 Å². The lowest BCUT2D eigenvalue weighted by atomic mass is 9.93. The van der Waals surface area contributed by atoms with Crippen LogP contribution in [0.4, 0.5) is 19.0 Å². The molecule has 3 N–H and O–H groups in total. The fourth-order valence-corrected chi connectivity index (χ4v) is 2.16. The van der Waals surface area contributed by atoms with E-state index >= 15 is 0 Å². The molecule has 0 unspecified atom stereocenters. The fourth-order valence-electron chi connectivity index (χ4n) is 2.16. The molecule has 0 radical (unpaired) electrons. The number of hydrogen-bond acceptors (Lipinski definition) is 5. The van der Waals surface area contributed by atoms with Crippen LogP contribution in [0.5, 0.6) is 0 Å². The van der Waals surface area contributed by atoms with E-state index in [1.54, 1.807) is 12.1 Å². The monoisotopic (exact) mass is 329 g/mol. The number of aromatic amines is 1. The molecule has 24 heavy (non-hydrogen) atoms. The lowest BCUT2D eigenvalue weighted by Gasteiger charge is -2.13. The zero-order valence-corrected chi connectivity index (χ0v) is 11.7. The van der Waals surface area contributed by atoms with Crippen LogP contribution in [0.25, 0.3) is 11.1 Å². The molecule has 0 amide bonds. The third-order valence-corrected chi connectivity index (χ3v) is 3.20. The van der Waals surface area contributed by atoms with Crippen molar-refractivity contribution in [2.45, 2.75) is 6.18 Å². The number of nitrogen functional groups attached to an aromatic ring is 1. The van der Waals surface area contributed by atoms with Gasteiger partial charge in [-0.2, -0.15) is 29.0 Å². The van der Waals surface area contributed by atoms with Gasteiger partial charge in [0.25, 0.3) is 5.56 Å². The molecule has 6 nitrogen and oxygen atoms in total. The maximum Gasteiger partial charge on any atom is 0.417 e. The minimum absolute atomic E-state index is 0.216. The Balaban J connectivity index is 2.94. The topological polar surface area (TPSA) is 130 Å². The minimum atomic E-state index is -4.83. The molecular weight excluding hydrogens is 323 g/mol. The minimum Gasteiger partial charge on any atom is -0.384 e. The number of alkyl halides is 3. The van der Waals surface area contributed by atoms with Crippen molar-refractivity contribution in [1.82, 2.24) is 4.98 Å². The highest BCUT2D eigenvalue weighted by molar-refractivity contribution is 5.80. The van der Waals surface area contributed by atoms with Gasteiger partial charge in [0.05, 0.1) is 17.2 Å². The lowest BCUT2D eigenvalue weighted by molar-refractivity contribution is -0.137. The molecule has 0 aliphatic carbocycles. The molecule has 0 fully saturated rings. The zero-order valence-electron chi connectivity index (χ0n) is 11.7. The van der Waals surface area contributed by atoms with E-state index in [1.165, 1.54) is 6.07 Å². The SMILES string of the molecule is N#Cc1ccc(-c2c(C#N)c(N)[nH]c(=O)c2C#N)cc1C(F)(F)F. The van der Waals surface area contributed by atoms with Crippen LogP contribution in [-0.2, 0) is 6.18 Å².